The van der Waals surface area contributed by atoms with Crippen LogP contribution in [0.15, 0.2) is 51.8 Å². The Kier molecular flexibility index (Phi) is 6.65. The van der Waals surface area contributed by atoms with E-state index in [4.69, 9.17) is 4.74 Å². The van der Waals surface area contributed by atoms with Crippen molar-refractivity contribution in [3.05, 3.63) is 46.9 Å². The summed E-state index contributed by atoms with van der Waals surface area (Å²) >= 11 is 4.55. The third-order valence-electron chi connectivity index (χ3n) is 3.69. The predicted octanol–water partition coefficient (Wildman–Crippen LogP) is 3.76. The van der Waals surface area contributed by atoms with Gasteiger partial charge in [0.15, 0.2) is 5.13 Å². The number of aromatic nitrogens is 1. The third kappa shape index (κ3) is 5.07. The molecule has 28 heavy (non-hydrogen) atoms. The van der Waals surface area contributed by atoms with Gasteiger partial charge in [-0.1, -0.05) is 23.5 Å². The summed E-state index contributed by atoms with van der Waals surface area (Å²) in [7, 11) is -3.69. The predicted molar refractivity (Wildman–Crippen MR) is 113 cm³/mol. The van der Waals surface area contributed by atoms with Gasteiger partial charge in [0.05, 0.1) is 21.7 Å². The van der Waals surface area contributed by atoms with Gasteiger partial charge < -0.3 is 10.1 Å². The van der Waals surface area contributed by atoms with E-state index in [0.717, 1.165) is 16.0 Å². The minimum atomic E-state index is -3.69. The number of ether oxygens (including phenoxy) is 1. The summed E-state index contributed by atoms with van der Waals surface area (Å²) in [6.45, 7) is 2.46. The lowest BCUT2D eigenvalue weighted by atomic mass is 10.3. The Morgan fingerprint density at radius 2 is 2.04 bits per heavy atom. The van der Waals surface area contributed by atoms with Gasteiger partial charge in [-0.2, -0.15) is 0 Å². The van der Waals surface area contributed by atoms with Gasteiger partial charge in [-0.15, -0.1) is 0 Å². The molecule has 1 aromatic heterocycles. The highest BCUT2D eigenvalue weighted by molar-refractivity contribution is 9.10. The second-order valence-corrected chi connectivity index (χ2v) is 9.33. The molecule has 3 aromatic rings. The van der Waals surface area contributed by atoms with Crippen LogP contribution in [-0.2, 0) is 14.8 Å². The topological polar surface area (TPSA) is 97.4 Å². The van der Waals surface area contributed by atoms with Crippen LogP contribution in [0.3, 0.4) is 0 Å². The Labute approximate surface area is 175 Å². The SMILES string of the molecule is CCOc1ccc2nc(NC(=O)CCNS(=O)(=O)c3ccccc3Br)sc2c1. The van der Waals surface area contributed by atoms with Crippen molar-refractivity contribution in [1.29, 1.82) is 0 Å². The van der Waals surface area contributed by atoms with E-state index in [-0.39, 0.29) is 23.8 Å². The van der Waals surface area contributed by atoms with E-state index in [2.05, 4.69) is 31.0 Å². The van der Waals surface area contributed by atoms with Gasteiger partial charge in [0.25, 0.3) is 0 Å². The summed E-state index contributed by atoms with van der Waals surface area (Å²) in [5, 5.41) is 3.16. The van der Waals surface area contributed by atoms with Crippen LogP contribution < -0.4 is 14.8 Å². The van der Waals surface area contributed by atoms with E-state index in [1.807, 2.05) is 25.1 Å². The monoisotopic (exact) mass is 483 g/mol. The number of amides is 1. The summed E-state index contributed by atoms with van der Waals surface area (Å²) in [5.74, 6) is 0.428. The lowest BCUT2D eigenvalue weighted by Crippen LogP contribution is -2.28. The zero-order valence-electron chi connectivity index (χ0n) is 14.9. The number of rotatable bonds is 8. The van der Waals surface area contributed by atoms with Crippen LogP contribution in [0, 0.1) is 0 Å². The molecule has 0 saturated heterocycles. The zero-order valence-corrected chi connectivity index (χ0v) is 18.2. The Morgan fingerprint density at radius 1 is 1.25 bits per heavy atom. The molecular weight excluding hydrogens is 466 g/mol. The van der Waals surface area contributed by atoms with Crippen molar-refractivity contribution in [2.75, 3.05) is 18.5 Å². The number of anilines is 1. The van der Waals surface area contributed by atoms with Crippen LogP contribution in [0.1, 0.15) is 13.3 Å². The normalized spacial score (nSPS) is 11.5. The maximum atomic E-state index is 12.3. The van der Waals surface area contributed by atoms with Gasteiger partial charge in [-0.05, 0) is 53.2 Å². The maximum absolute atomic E-state index is 12.3. The molecule has 0 unspecified atom stereocenters. The number of benzene rings is 2. The minimum absolute atomic E-state index is 0.0101. The largest absolute Gasteiger partial charge is 0.494 e. The number of thiazole rings is 1. The van der Waals surface area contributed by atoms with Crippen molar-refractivity contribution in [1.82, 2.24) is 9.71 Å². The average molecular weight is 484 g/mol. The van der Waals surface area contributed by atoms with Crippen LogP contribution >= 0.6 is 27.3 Å². The van der Waals surface area contributed by atoms with Crippen LogP contribution in [0.4, 0.5) is 5.13 Å². The highest BCUT2D eigenvalue weighted by Gasteiger charge is 2.17. The first-order chi connectivity index (χ1) is 13.4. The molecule has 2 aromatic carbocycles. The van der Waals surface area contributed by atoms with Crippen molar-refractivity contribution < 1.29 is 17.9 Å². The van der Waals surface area contributed by atoms with Crippen molar-refractivity contribution in [2.45, 2.75) is 18.2 Å². The number of carbonyl (C=O) groups is 1. The van der Waals surface area contributed by atoms with Gasteiger partial charge >= 0.3 is 0 Å². The number of nitrogens with zero attached hydrogens (tertiary/aromatic N) is 1. The summed E-state index contributed by atoms with van der Waals surface area (Å²) < 4.78 is 33.9. The molecule has 0 aliphatic rings. The molecule has 0 aliphatic heterocycles. The smallest absolute Gasteiger partial charge is 0.241 e. The summed E-state index contributed by atoms with van der Waals surface area (Å²) in [5.41, 5.74) is 0.762. The molecule has 0 atom stereocenters. The second-order valence-electron chi connectivity index (χ2n) is 5.71. The fraction of sp³-hybridized carbons (Fsp3) is 0.222. The summed E-state index contributed by atoms with van der Waals surface area (Å²) in [6, 6.07) is 12.0. The third-order valence-corrected chi connectivity index (χ3v) is 7.09. The lowest BCUT2D eigenvalue weighted by molar-refractivity contribution is -0.116. The standard InChI is InChI=1S/C18H18BrN3O4S2/c1-2-26-12-7-8-14-15(11-12)27-18(21-14)22-17(23)9-10-20-28(24,25)16-6-4-3-5-13(16)19/h3-8,11,20H,2,9-10H2,1H3,(H,21,22,23). The van der Waals surface area contributed by atoms with Crippen molar-refractivity contribution in [3.8, 4) is 5.75 Å². The molecule has 148 valence electrons. The van der Waals surface area contributed by atoms with Crippen molar-refractivity contribution in [3.63, 3.8) is 0 Å². The number of sulfonamides is 1. The maximum Gasteiger partial charge on any atom is 0.241 e. The van der Waals surface area contributed by atoms with Crippen LogP contribution in [0.2, 0.25) is 0 Å². The number of nitrogens with one attached hydrogen (secondary N) is 2. The van der Waals surface area contributed by atoms with Gasteiger partial charge in [0.2, 0.25) is 15.9 Å². The van der Waals surface area contributed by atoms with Gasteiger partial charge in [-0.3, -0.25) is 4.79 Å². The molecule has 1 heterocycles. The van der Waals surface area contributed by atoms with E-state index in [1.54, 1.807) is 18.2 Å². The number of fused-ring (bicyclic) bond motifs is 1. The highest BCUT2D eigenvalue weighted by atomic mass is 79.9. The van der Waals surface area contributed by atoms with E-state index in [9.17, 15) is 13.2 Å². The quantitative estimate of drug-likeness (QED) is 0.508. The molecule has 0 radical (unpaired) electrons. The van der Waals surface area contributed by atoms with E-state index >= 15 is 0 Å². The number of halogens is 1. The molecule has 3 rings (SSSR count). The Morgan fingerprint density at radius 3 is 2.79 bits per heavy atom. The summed E-state index contributed by atoms with van der Waals surface area (Å²) in [6.07, 6.45) is -0.0101. The first kappa shape index (κ1) is 20.7. The Balaban J connectivity index is 1.57. The van der Waals surface area contributed by atoms with Crippen molar-refractivity contribution >= 4 is 58.5 Å². The van der Waals surface area contributed by atoms with E-state index < -0.39 is 10.0 Å². The first-order valence-corrected chi connectivity index (χ1v) is 11.6. The van der Waals surface area contributed by atoms with Gasteiger partial charge in [0, 0.05) is 17.4 Å². The molecule has 1 amide bonds. The highest BCUT2D eigenvalue weighted by Crippen LogP contribution is 2.29. The minimum Gasteiger partial charge on any atom is -0.494 e. The first-order valence-electron chi connectivity index (χ1n) is 8.46. The molecule has 0 fully saturated rings. The van der Waals surface area contributed by atoms with Crippen LogP contribution in [0.25, 0.3) is 10.2 Å². The fourth-order valence-corrected chi connectivity index (χ4v) is 5.38. The van der Waals surface area contributed by atoms with E-state index in [0.29, 0.717) is 16.2 Å². The molecule has 10 heteroatoms. The molecule has 7 nitrogen and oxygen atoms in total. The molecule has 0 spiro atoms. The molecule has 0 saturated carbocycles. The number of hydrogen-bond acceptors (Lipinski definition) is 6. The molecular formula is C18H18BrN3O4S2. The van der Waals surface area contributed by atoms with E-state index in [1.165, 1.54) is 17.4 Å². The average Bonchev–Trinajstić information content (AvgIpc) is 3.03. The Bertz CT molecular complexity index is 1100. The fourth-order valence-electron chi connectivity index (χ4n) is 2.44. The van der Waals surface area contributed by atoms with Gasteiger partial charge in [-0.25, -0.2) is 18.1 Å². The molecule has 0 bridgehead atoms. The zero-order chi connectivity index (χ0) is 20.1. The number of hydrogen-bond donors (Lipinski definition) is 2. The van der Waals surface area contributed by atoms with Crippen molar-refractivity contribution in [2.24, 2.45) is 0 Å². The summed E-state index contributed by atoms with van der Waals surface area (Å²) in [4.78, 5) is 16.6. The number of carbonyl (C=O) groups excluding carboxylic acids is 1. The molecule has 0 aliphatic carbocycles. The van der Waals surface area contributed by atoms with Gasteiger partial charge in [0.1, 0.15) is 5.75 Å². The Hall–Kier alpha value is -2.01. The molecule has 2 N–H and O–H groups in total. The van der Waals surface area contributed by atoms with Crippen LogP contribution in [-0.4, -0.2) is 32.5 Å². The lowest BCUT2D eigenvalue weighted by Gasteiger charge is -2.08. The second kappa shape index (κ2) is 8.99. The van der Waals surface area contributed by atoms with Crippen LogP contribution in [0.5, 0.6) is 5.75 Å².